The zero-order valence-corrected chi connectivity index (χ0v) is 16.8. The highest BCUT2D eigenvalue weighted by Gasteiger charge is 2.34. The van der Waals surface area contributed by atoms with Crippen molar-refractivity contribution in [2.45, 2.75) is 24.3 Å². The summed E-state index contributed by atoms with van der Waals surface area (Å²) >= 11 is 5.90. The lowest BCUT2D eigenvalue weighted by molar-refractivity contribution is -0.135. The second kappa shape index (κ2) is 8.42. The van der Waals surface area contributed by atoms with Crippen LogP contribution in [-0.2, 0) is 21.4 Å². The molecule has 144 valence electrons. The van der Waals surface area contributed by atoms with Gasteiger partial charge in [-0.1, -0.05) is 41.9 Å². The fraction of sp³-hybridized carbons (Fsp3) is 0.350. The van der Waals surface area contributed by atoms with Crippen LogP contribution in [0.25, 0.3) is 0 Å². The van der Waals surface area contributed by atoms with Gasteiger partial charge in [0, 0.05) is 31.7 Å². The van der Waals surface area contributed by atoms with Crippen molar-refractivity contribution in [3.05, 3.63) is 65.2 Å². The van der Waals surface area contributed by atoms with Crippen molar-refractivity contribution in [3.8, 4) is 0 Å². The number of rotatable bonds is 5. The van der Waals surface area contributed by atoms with Gasteiger partial charge in [0.2, 0.25) is 15.9 Å². The third kappa shape index (κ3) is 4.69. The summed E-state index contributed by atoms with van der Waals surface area (Å²) in [5, 5.41) is 0.654. The van der Waals surface area contributed by atoms with Crippen molar-refractivity contribution in [3.63, 3.8) is 0 Å². The van der Waals surface area contributed by atoms with E-state index in [1.165, 1.54) is 4.31 Å². The first-order valence-electron chi connectivity index (χ1n) is 8.92. The van der Waals surface area contributed by atoms with Crippen molar-refractivity contribution >= 4 is 27.5 Å². The molecule has 0 N–H and O–H groups in total. The number of halogens is 1. The maximum Gasteiger partial charge on any atom is 0.243 e. The molecule has 0 aromatic heterocycles. The molecule has 0 radical (unpaired) electrons. The van der Waals surface area contributed by atoms with E-state index in [4.69, 9.17) is 11.6 Å². The summed E-state index contributed by atoms with van der Waals surface area (Å²) in [7, 11) is -1.82. The van der Waals surface area contributed by atoms with E-state index in [-0.39, 0.29) is 23.3 Å². The largest absolute Gasteiger partial charge is 0.341 e. The molecular weight excluding hydrogens is 384 g/mol. The maximum absolute atomic E-state index is 12.9. The first-order valence-corrected chi connectivity index (χ1v) is 10.7. The molecule has 1 atom stereocenters. The molecule has 2 aromatic carbocycles. The van der Waals surface area contributed by atoms with Gasteiger partial charge in [-0.2, -0.15) is 4.31 Å². The van der Waals surface area contributed by atoms with Gasteiger partial charge in [0.15, 0.2) is 0 Å². The van der Waals surface area contributed by atoms with Crippen molar-refractivity contribution in [2.24, 2.45) is 5.92 Å². The number of carbonyl (C=O) groups excluding carboxylic acids is 1. The highest BCUT2D eigenvalue weighted by Crippen LogP contribution is 2.25. The first kappa shape index (κ1) is 19.9. The monoisotopic (exact) mass is 406 g/mol. The molecule has 27 heavy (non-hydrogen) atoms. The summed E-state index contributed by atoms with van der Waals surface area (Å²) in [6.45, 7) is 1.14. The van der Waals surface area contributed by atoms with Gasteiger partial charge in [-0.15, -0.1) is 0 Å². The molecule has 1 saturated heterocycles. The molecule has 2 aromatic rings. The average molecular weight is 407 g/mol. The zero-order valence-electron chi connectivity index (χ0n) is 15.2. The van der Waals surface area contributed by atoms with Gasteiger partial charge in [-0.05, 0) is 42.7 Å². The Hall–Kier alpha value is -1.89. The van der Waals surface area contributed by atoms with Crippen LogP contribution in [0.5, 0.6) is 0 Å². The van der Waals surface area contributed by atoms with Gasteiger partial charge in [-0.25, -0.2) is 8.42 Å². The van der Waals surface area contributed by atoms with E-state index in [0.29, 0.717) is 31.0 Å². The van der Waals surface area contributed by atoms with E-state index in [9.17, 15) is 13.2 Å². The van der Waals surface area contributed by atoms with Gasteiger partial charge >= 0.3 is 0 Å². The second-order valence-electron chi connectivity index (χ2n) is 6.84. The Balaban J connectivity index is 1.68. The summed E-state index contributed by atoms with van der Waals surface area (Å²) in [5.74, 6) is -0.354. The fourth-order valence-electron chi connectivity index (χ4n) is 3.36. The van der Waals surface area contributed by atoms with Crippen LogP contribution >= 0.6 is 11.6 Å². The summed E-state index contributed by atoms with van der Waals surface area (Å²) in [6, 6.07) is 15.7. The Kier molecular flexibility index (Phi) is 6.19. The molecule has 0 saturated carbocycles. The van der Waals surface area contributed by atoms with Crippen LogP contribution in [0, 0.1) is 5.92 Å². The normalized spacial score (nSPS) is 18.2. The predicted molar refractivity (Wildman–Crippen MR) is 106 cm³/mol. The van der Waals surface area contributed by atoms with Crippen LogP contribution in [0.3, 0.4) is 0 Å². The van der Waals surface area contributed by atoms with Gasteiger partial charge in [0.25, 0.3) is 0 Å². The molecule has 1 aliphatic heterocycles. The maximum atomic E-state index is 12.9. The minimum atomic E-state index is -3.57. The van der Waals surface area contributed by atoms with Crippen molar-refractivity contribution in [2.75, 3.05) is 20.1 Å². The molecule has 0 spiro atoms. The van der Waals surface area contributed by atoms with E-state index in [1.54, 1.807) is 54.4 Å². The Morgan fingerprint density at radius 3 is 2.48 bits per heavy atom. The van der Waals surface area contributed by atoms with Crippen molar-refractivity contribution in [1.82, 2.24) is 9.21 Å². The molecule has 1 fully saturated rings. The van der Waals surface area contributed by atoms with Gasteiger partial charge in [-0.3, -0.25) is 4.79 Å². The van der Waals surface area contributed by atoms with Crippen molar-refractivity contribution in [1.29, 1.82) is 0 Å². The van der Waals surface area contributed by atoms with Crippen LogP contribution in [-0.4, -0.2) is 43.7 Å². The second-order valence-corrected chi connectivity index (χ2v) is 9.21. The van der Waals surface area contributed by atoms with Gasteiger partial charge < -0.3 is 4.90 Å². The minimum absolute atomic E-state index is 0.0297. The fourth-order valence-corrected chi connectivity index (χ4v) is 5.03. The van der Waals surface area contributed by atoms with E-state index in [2.05, 4.69) is 0 Å². The lowest BCUT2D eigenvalue weighted by Crippen LogP contribution is -2.45. The molecule has 1 heterocycles. The molecule has 0 unspecified atom stereocenters. The van der Waals surface area contributed by atoms with Gasteiger partial charge in [0.05, 0.1) is 10.8 Å². The highest BCUT2D eigenvalue weighted by atomic mass is 35.5. The third-order valence-electron chi connectivity index (χ3n) is 4.82. The average Bonchev–Trinajstić information content (AvgIpc) is 2.70. The molecule has 1 amide bonds. The number of carbonyl (C=O) groups is 1. The highest BCUT2D eigenvalue weighted by molar-refractivity contribution is 7.89. The van der Waals surface area contributed by atoms with E-state index in [0.717, 1.165) is 5.56 Å². The lowest BCUT2D eigenvalue weighted by atomic mass is 9.98. The number of nitrogens with zero attached hydrogens (tertiary/aromatic N) is 2. The van der Waals surface area contributed by atoms with Gasteiger partial charge in [0.1, 0.15) is 0 Å². The topological polar surface area (TPSA) is 57.7 Å². The SMILES string of the molecule is CN(Cc1ccc(Cl)cc1)C(=O)[C@H]1CCCN(S(=O)(=O)c2ccccc2)C1. The van der Waals surface area contributed by atoms with E-state index >= 15 is 0 Å². The Labute approximate surface area is 165 Å². The number of hydrogen-bond donors (Lipinski definition) is 0. The summed E-state index contributed by atoms with van der Waals surface area (Å²) in [4.78, 5) is 14.8. The number of piperidine rings is 1. The Morgan fingerprint density at radius 1 is 1.15 bits per heavy atom. The smallest absolute Gasteiger partial charge is 0.243 e. The summed E-state index contributed by atoms with van der Waals surface area (Å²) in [5.41, 5.74) is 0.986. The zero-order chi connectivity index (χ0) is 19.4. The van der Waals surface area contributed by atoms with Crippen LogP contribution in [0.4, 0.5) is 0 Å². The van der Waals surface area contributed by atoms with E-state index in [1.807, 2.05) is 12.1 Å². The molecule has 7 heteroatoms. The van der Waals surface area contributed by atoms with Crippen LogP contribution < -0.4 is 0 Å². The third-order valence-corrected chi connectivity index (χ3v) is 6.95. The Bertz CT molecular complexity index is 885. The standard InChI is InChI=1S/C20H23ClN2O3S/c1-22(14-16-9-11-18(21)12-10-16)20(24)17-6-5-13-23(15-17)27(25,26)19-7-3-2-4-8-19/h2-4,7-12,17H,5-6,13-15H2,1H3/t17-/m0/s1. The molecule has 1 aliphatic rings. The summed E-state index contributed by atoms with van der Waals surface area (Å²) in [6.07, 6.45) is 1.38. The summed E-state index contributed by atoms with van der Waals surface area (Å²) < 4.78 is 27.1. The van der Waals surface area contributed by atoms with E-state index < -0.39 is 10.0 Å². The molecule has 5 nitrogen and oxygen atoms in total. The number of benzene rings is 2. The quantitative estimate of drug-likeness (QED) is 0.764. The molecular formula is C20H23ClN2O3S. The molecule has 0 aliphatic carbocycles. The number of amides is 1. The van der Waals surface area contributed by atoms with Crippen LogP contribution in [0.2, 0.25) is 5.02 Å². The van der Waals surface area contributed by atoms with Crippen LogP contribution in [0.15, 0.2) is 59.5 Å². The van der Waals surface area contributed by atoms with Crippen molar-refractivity contribution < 1.29 is 13.2 Å². The number of hydrogen-bond acceptors (Lipinski definition) is 3. The molecule has 3 rings (SSSR count). The number of sulfonamides is 1. The molecule has 0 bridgehead atoms. The predicted octanol–water partition coefficient (Wildman–Crippen LogP) is 3.40. The lowest BCUT2D eigenvalue weighted by Gasteiger charge is -2.33. The van der Waals surface area contributed by atoms with Crippen LogP contribution in [0.1, 0.15) is 18.4 Å². The Morgan fingerprint density at radius 2 is 1.81 bits per heavy atom. The minimum Gasteiger partial charge on any atom is -0.341 e. The first-order chi connectivity index (χ1) is 12.9.